The Balaban J connectivity index is 2.08. The van der Waals surface area contributed by atoms with Crippen LogP contribution in [0.4, 0.5) is 5.82 Å². The van der Waals surface area contributed by atoms with Gasteiger partial charge in [0.2, 0.25) is 0 Å². The van der Waals surface area contributed by atoms with Crippen molar-refractivity contribution in [3.63, 3.8) is 0 Å². The molecular formula is C12H15Br2ClN2. The number of nitrogens with zero attached hydrogens (tertiary/aromatic N) is 1. The lowest BCUT2D eigenvalue weighted by Gasteiger charge is -2.22. The molecule has 1 saturated carbocycles. The number of hydrogen-bond donors (Lipinski definition) is 1. The van der Waals surface area contributed by atoms with E-state index in [0.717, 1.165) is 27.6 Å². The van der Waals surface area contributed by atoms with Gasteiger partial charge in [-0.25, -0.2) is 4.98 Å². The SMILES string of the molecule is ClC1CCCCCC1Nc1ncc(Br)cc1Br. The zero-order chi connectivity index (χ0) is 12.3. The van der Waals surface area contributed by atoms with Gasteiger partial charge in [0, 0.05) is 16.7 Å². The Bertz CT molecular complexity index is 387. The first-order valence-electron chi connectivity index (χ1n) is 5.88. The smallest absolute Gasteiger partial charge is 0.140 e. The van der Waals surface area contributed by atoms with Crippen LogP contribution in [0.15, 0.2) is 21.2 Å². The molecule has 17 heavy (non-hydrogen) atoms. The fraction of sp³-hybridized carbons (Fsp3) is 0.583. The zero-order valence-electron chi connectivity index (χ0n) is 9.43. The first kappa shape index (κ1) is 13.6. The predicted octanol–water partition coefficient (Wildman–Crippen LogP) is 4.96. The van der Waals surface area contributed by atoms with Gasteiger partial charge in [0.1, 0.15) is 5.82 Å². The molecule has 2 atom stereocenters. The topological polar surface area (TPSA) is 24.9 Å². The van der Waals surface area contributed by atoms with Crippen LogP contribution in [0.2, 0.25) is 0 Å². The highest BCUT2D eigenvalue weighted by Crippen LogP contribution is 2.28. The number of pyridine rings is 1. The molecule has 1 aliphatic rings. The monoisotopic (exact) mass is 380 g/mol. The number of anilines is 1. The van der Waals surface area contributed by atoms with Crippen molar-refractivity contribution in [3.8, 4) is 0 Å². The first-order chi connectivity index (χ1) is 8.16. The van der Waals surface area contributed by atoms with E-state index in [1.807, 2.05) is 6.07 Å². The number of nitrogens with one attached hydrogen (secondary N) is 1. The van der Waals surface area contributed by atoms with Crippen LogP contribution in [-0.2, 0) is 0 Å². The van der Waals surface area contributed by atoms with Crippen LogP contribution in [0.1, 0.15) is 32.1 Å². The maximum absolute atomic E-state index is 6.41. The van der Waals surface area contributed by atoms with E-state index in [0.29, 0.717) is 6.04 Å². The summed E-state index contributed by atoms with van der Waals surface area (Å²) >= 11 is 13.3. The van der Waals surface area contributed by atoms with Gasteiger partial charge in [-0.05, 0) is 50.8 Å². The van der Waals surface area contributed by atoms with E-state index in [1.54, 1.807) is 6.20 Å². The summed E-state index contributed by atoms with van der Waals surface area (Å²) in [5, 5.41) is 3.66. The van der Waals surface area contributed by atoms with E-state index in [2.05, 4.69) is 42.2 Å². The fourth-order valence-corrected chi connectivity index (χ4v) is 3.57. The van der Waals surface area contributed by atoms with Gasteiger partial charge in [0.15, 0.2) is 0 Å². The van der Waals surface area contributed by atoms with Crippen LogP contribution in [0, 0.1) is 0 Å². The minimum Gasteiger partial charge on any atom is -0.365 e. The molecule has 2 nitrogen and oxygen atoms in total. The summed E-state index contributed by atoms with van der Waals surface area (Å²) in [6, 6.07) is 2.32. The summed E-state index contributed by atoms with van der Waals surface area (Å²) in [4.78, 5) is 4.37. The zero-order valence-corrected chi connectivity index (χ0v) is 13.4. The van der Waals surface area contributed by atoms with Crippen LogP contribution < -0.4 is 5.32 Å². The lowest BCUT2D eigenvalue weighted by atomic mass is 10.1. The Morgan fingerprint density at radius 3 is 2.76 bits per heavy atom. The molecule has 5 heteroatoms. The predicted molar refractivity (Wildman–Crippen MR) is 79.8 cm³/mol. The standard InChI is InChI=1S/C12H15Br2ClN2/c13-8-6-9(14)12(16-7-8)17-11-5-3-1-2-4-10(11)15/h6-7,10-11H,1-5H2,(H,16,17). The molecule has 0 amide bonds. The second-order valence-corrected chi connectivity index (χ2v) is 6.72. The largest absolute Gasteiger partial charge is 0.365 e. The maximum atomic E-state index is 6.41. The second-order valence-electron chi connectivity index (χ2n) is 4.39. The van der Waals surface area contributed by atoms with E-state index in [1.165, 1.54) is 19.3 Å². The van der Waals surface area contributed by atoms with Gasteiger partial charge in [-0.3, -0.25) is 0 Å². The van der Waals surface area contributed by atoms with Crippen LogP contribution >= 0.6 is 43.5 Å². The Morgan fingerprint density at radius 2 is 2.00 bits per heavy atom. The molecule has 0 radical (unpaired) electrons. The molecule has 0 spiro atoms. The van der Waals surface area contributed by atoms with Gasteiger partial charge >= 0.3 is 0 Å². The summed E-state index contributed by atoms with van der Waals surface area (Å²) in [6.45, 7) is 0. The van der Waals surface area contributed by atoms with Crippen LogP contribution in [0.5, 0.6) is 0 Å². The average molecular weight is 383 g/mol. The summed E-state index contributed by atoms with van der Waals surface area (Å²) in [7, 11) is 0. The highest BCUT2D eigenvalue weighted by molar-refractivity contribution is 9.11. The van der Waals surface area contributed by atoms with Gasteiger partial charge in [-0.2, -0.15) is 0 Å². The quantitative estimate of drug-likeness (QED) is 0.578. The molecule has 2 rings (SSSR count). The van der Waals surface area contributed by atoms with Crippen molar-refractivity contribution in [2.45, 2.75) is 43.5 Å². The second kappa shape index (κ2) is 6.39. The molecule has 1 aliphatic carbocycles. The van der Waals surface area contributed by atoms with Gasteiger partial charge in [0.05, 0.1) is 9.85 Å². The van der Waals surface area contributed by atoms with Gasteiger partial charge < -0.3 is 5.32 Å². The van der Waals surface area contributed by atoms with Crippen molar-refractivity contribution in [1.82, 2.24) is 4.98 Å². The minimum absolute atomic E-state index is 0.204. The number of halogens is 3. The van der Waals surface area contributed by atoms with E-state index in [-0.39, 0.29) is 5.38 Å². The van der Waals surface area contributed by atoms with Crippen molar-refractivity contribution in [3.05, 3.63) is 21.2 Å². The van der Waals surface area contributed by atoms with E-state index in [9.17, 15) is 0 Å². The number of aromatic nitrogens is 1. The molecule has 1 aromatic heterocycles. The highest BCUT2D eigenvalue weighted by Gasteiger charge is 2.22. The maximum Gasteiger partial charge on any atom is 0.140 e. The van der Waals surface area contributed by atoms with Crippen molar-refractivity contribution >= 4 is 49.3 Å². The molecule has 0 aliphatic heterocycles. The Labute approximate surface area is 124 Å². The van der Waals surface area contributed by atoms with E-state index in [4.69, 9.17) is 11.6 Å². The third-order valence-corrected chi connectivity index (χ3v) is 4.62. The molecule has 0 saturated heterocycles. The Morgan fingerprint density at radius 1 is 1.24 bits per heavy atom. The van der Waals surface area contributed by atoms with Crippen LogP contribution in [-0.4, -0.2) is 16.4 Å². The van der Waals surface area contributed by atoms with Crippen LogP contribution in [0.25, 0.3) is 0 Å². The molecular weight excluding hydrogens is 367 g/mol. The molecule has 0 bridgehead atoms. The molecule has 0 aromatic carbocycles. The number of hydrogen-bond acceptors (Lipinski definition) is 2. The Kier molecular flexibility index (Phi) is 5.12. The number of alkyl halides is 1. The summed E-state index contributed by atoms with van der Waals surface area (Å²) in [5.41, 5.74) is 0. The fourth-order valence-electron chi connectivity index (χ4n) is 2.12. The molecule has 2 unspecified atom stereocenters. The summed E-state index contributed by atoms with van der Waals surface area (Å²) < 4.78 is 1.94. The van der Waals surface area contributed by atoms with Gasteiger partial charge in [0.25, 0.3) is 0 Å². The summed E-state index contributed by atoms with van der Waals surface area (Å²) in [6.07, 6.45) is 7.78. The molecule has 1 fully saturated rings. The lowest BCUT2D eigenvalue weighted by molar-refractivity contribution is 0.624. The first-order valence-corrected chi connectivity index (χ1v) is 7.90. The van der Waals surface area contributed by atoms with Crippen molar-refractivity contribution in [2.75, 3.05) is 5.32 Å². The molecule has 1 heterocycles. The van der Waals surface area contributed by atoms with Gasteiger partial charge in [-0.1, -0.05) is 19.3 Å². The van der Waals surface area contributed by atoms with Crippen molar-refractivity contribution < 1.29 is 0 Å². The third kappa shape index (κ3) is 3.83. The van der Waals surface area contributed by atoms with Crippen molar-refractivity contribution in [1.29, 1.82) is 0 Å². The highest BCUT2D eigenvalue weighted by atomic mass is 79.9. The average Bonchev–Trinajstić information content (AvgIpc) is 2.48. The summed E-state index contributed by atoms with van der Waals surface area (Å²) in [5.74, 6) is 0.880. The Hall–Kier alpha value is 0.200. The third-order valence-electron chi connectivity index (χ3n) is 3.06. The van der Waals surface area contributed by atoms with Crippen molar-refractivity contribution in [2.24, 2.45) is 0 Å². The minimum atomic E-state index is 0.204. The van der Waals surface area contributed by atoms with Crippen LogP contribution in [0.3, 0.4) is 0 Å². The van der Waals surface area contributed by atoms with E-state index >= 15 is 0 Å². The molecule has 94 valence electrons. The number of rotatable bonds is 2. The van der Waals surface area contributed by atoms with E-state index < -0.39 is 0 Å². The molecule has 1 N–H and O–H groups in total. The molecule has 1 aromatic rings. The van der Waals surface area contributed by atoms with Gasteiger partial charge in [-0.15, -0.1) is 11.6 Å². The normalized spacial score (nSPS) is 25.4. The lowest BCUT2D eigenvalue weighted by Crippen LogP contribution is -2.29.